The third-order valence-corrected chi connectivity index (χ3v) is 6.27. The highest BCUT2D eigenvalue weighted by Crippen LogP contribution is 2.41. The molecule has 0 saturated heterocycles. The standard InChI is InChI=1S/C28H24ClNO5/c1-3-33-22-14-11-18(15-23(22)34-4-2)25-24-26(31)20-7-5-6-8-21(20)35-27(24)28(32)30(25)16-17-9-12-19(29)13-10-17/h5-15,25H,3-4,16H2,1-2H3. The van der Waals surface area contributed by atoms with Gasteiger partial charge in [0, 0.05) is 11.6 Å². The Kier molecular flexibility index (Phi) is 6.22. The zero-order valence-electron chi connectivity index (χ0n) is 19.4. The van der Waals surface area contributed by atoms with Crippen LogP contribution in [0.25, 0.3) is 11.0 Å². The fourth-order valence-electron chi connectivity index (χ4n) is 4.50. The molecule has 0 radical (unpaired) electrons. The Hall–Kier alpha value is -3.77. The molecule has 1 atom stereocenters. The van der Waals surface area contributed by atoms with Gasteiger partial charge in [0.05, 0.1) is 30.2 Å². The Morgan fingerprint density at radius 2 is 1.63 bits per heavy atom. The Morgan fingerprint density at radius 3 is 2.37 bits per heavy atom. The molecular formula is C28H24ClNO5. The van der Waals surface area contributed by atoms with Crippen LogP contribution in [0.3, 0.4) is 0 Å². The second-order valence-electron chi connectivity index (χ2n) is 8.20. The van der Waals surface area contributed by atoms with Crippen LogP contribution in [0.15, 0.2) is 75.9 Å². The predicted molar refractivity (Wildman–Crippen MR) is 134 cm³/mol. The molecule has 1 amide bonds. The monoisotopic (exact) mass is 489 g/mol. The van der Waals surface area contributed by atoms with E-state index in [1.54, 1.807) is 41.3 Å². The molecular weight excluding hydrogens is 466 g/mol. The summed E-state index contributed by atoms with van der Waals surface area (Å²) in [6, 6.07) is 19.1. The van der Waals surface area contributed by atoms with Gasteiger partial charge in [-0.1, -0.05) is 41.9 Å². The molecule has 0 saturated carbocycles. The van der Waals surface area contributed by atoms with Gasteiger partial charge in [-0.05, 0) is 61.4 Å². The Balaban J connectivity index is 1.69. The molecule has 35 heavy (non-hydrogen) atoms. The normalized spacial score (nSPS) is 14.9. The molecule has 0 spiro atoms. The number of rotatable bonds is 7. The van der Waals surface area contributed by atoms with E-state index < -0.39 is 6.04 Å². The van der Waals surface area contributed by atoms with Crippen molar-refractivity contribution in [2.75, 3.05) is 13.2 Å². The Bertz CT molecular complexity index is 1460. The van der Waals surface area contributed by atoms with Crippen LogP contribution >= 0.6 is 11.6 Å². The summed E-state index contributed by atoms with van der Waals surface area (Å²) in [6.45, 7) is 5.01. The first-order valence-corrected chi connectivity index (χ1v) is 11.9. The maximum absolute atomic E-state index is 13.7. The number of ether oxygens (including phenoxy) is 2. The van der Waals surface area contributed by atoms with Crippen molar-refractivity contribution in [3.05, 3.63) is 104 Å². The fraction of sp³-hybridized carbons (Fsp3) is 0.214. The average molecular weight is 490 g/mol. The number of nitrogens with zero attached hydrogens (tertiary/aromatic N) is 1. The predicted octanol–water partition coefficient (Wildman–Crippen LogP) is 5.99. The lowest BCUT2D eigenvalue weighted by atomic mass is 9.97. The highest BCUT2D eigenvalue weighted by atomic mass is 35.5. The maximum Gasteiger partial charge on any atom is 0.291 e. The lowest BCUT2D eigenvalue weighted by Crippen LogP contribution is -2.29. The van der Waals surface area contributed by atoms with Crippen LogP contribution in [0.4, 0.5) is 0 Å². The zero-order valence-corrected chi connectivity index (χ0v) is 20.2. The number of carbonyl (C=O) groups is 1. The van der Waals surface area contributed by atoms with E-state index in [1.165, 1.54) is 0 Å². The van der Waals surface area contributed by atoms with Crippen LogP contribution in [0, 0.1) is 0 Å². The summed E-state index contributed by atoms with van der Waals surface area (Å²) in [4.78, 5) is 29.0. The summed E-state index contributed by atoms with van der Waals surface area (Å²) >= 11 is 6.06. The first kappa shape index (κ1) is 23.0. The van der Waals surface area contributed by atoms with Gasteiger partial charge in [0.2, 0.25) is 5.76 Å². The molecule has 0 aliphatic carbocycles. The number of hydrogen-bond donors (Lipinski definition) is 0. The lowest BCUT2D eigenvalue weighted by Gasteiger charge is -2.26. The first-order valence-electron chi connectivity index (χ1n) is 11.5. The van der Waals surface area contributed by atoms with Gasteiger partial charge < -0.3 is 18.8 Å². The van der Waals surface area contributed by atoms with Crippen molar-refractivity contribution in [2.24, 2.45) is 0 Å². The third-order valence-electron chi connectivity index (χ3n) is 6.02. The number of fused-ring (bicyclic) bond motifs is 2. The SMILES string of the molecule is CCOc1ccc(C2c3c(oc4ccccc4c3=O)C(=O)N2Cc2ccc(Cl)cc2)cc1OCC. The molecule has 1 aliphatic heterocycles. The summed E-state index contributed by atoms with van der Waals surface area (Å²) in [7, 11) is 0. The van der Waals surface area contributed by atoms with E-state index in [-0.39, 0.29) is 23.6 Å². The van der Waals surface area contributed by atoms with E-state index in [9.17, 15) is 9.59 Å². The molecule has 0 bridgehead atoms. The van der Waals surface area contributed by atoms with Crippen molar-refractivity contribution in [2.45, 2.75) is 26.4 Å². The minimum absolute atomic E-state index is 0.0690. The van der Waals surface area contributed by atoms with Gasteiger partial charge in [-0.3, -0.25) is 9.59 Å². The van der Waals surface area contributed by atoms with E-state index in [0.717, 1.165) is 11.1 Å². The molecule has 0 fully saturated rings. The van der Waals surface area contributed by atoms with Gasteiger partial charge >= 0.3 is 0 Å². The second kappa shape index (κ2) is 9.47. The van der Waals surface area contributed by atoms with Crippen LogP contribution in [-0.2, 0) is 6.54 Å². The van der Waals surface area contributed by atoms with Crippen LogP contribution in [-0.4, -0.2) is 24.0 Å². The maximum atomic E-state index is 13.7. The molecule has 7 heteroatoms. The quantitative estimate of drug-likeness (QED) is 0.319. The molecule has 1 aromatic heterocycles. The molecule has 3 aromatic carbocycles. The molecule has 2 heterocycles. The number of halogens is 1. The smallest absolute Gasteiger partial charge is 0.291 e. The number of carbonyl (C=O) groups excluding carboxylic acids is 1. The topological polar surface area (TPSA) is 69.0 Å². The van der Waals surface area contributed by atoms with E-state index in [0.29, 0.717) is 46.3 Å². The Morgan fingerprint density at radius 1 is 0.914 bits per heavy atom. The molecule has 178 valence electrons. The van der Waals surface area contributed by atoms with Crippen LogP contribution < -0.4 is 14.9 Å². The van der Waals surface area contributed by atoms with E-state index in [1.807, 2.05) is 44.2 Å². The van der Waals surface area contributed by atoms with E-state index in [2.05, 4.69) is 0 Å². The van der Waals surface area contributed by atoms with Gasteiger partial charge in [0.25, 0.3) is 5.91 Å². The Labute approximate surface area is 207 Å². The van der Waals surface area contributed by atoms with Gasteiger partial charge in [-0.2, -0.15) is 0 Å². The van der Waals surface area contributed by atoms with Gasteiger partial charge in [0.1, 0.15) is 5.58 Å². The van der Waals surface area contributed by atoms with E-state index >= 15 is 0 Å². The van der Waals surface area contributed by atoms with Crippen LogP contribution in [0.5, 0.6) is 11.5 Å². The molecule has 0 N–H and O–H groups in total. The van der Waals surface area contributed by atoms with Crippen molar-refractivity contribution in [1.82, 2.24) is 4.90 Å². The third kappa shape index (κ3) is 4.15. The number of amides is 1. The molecule has 4 aromatic rings. The summed E-state index contributed by atoms with van der Waals surface area (Å²) < 4.78 is 17.5. The highest BCUT2D eigenvalue weighted by molar-refractivity contribution is 6.30. The van der Waals surface area contributed by atoms with Crippen molar-refractivity contribution < 1.29 is 18.7 Å². The van der Waals surface area contributed by atoms with Gasteiger partial charge in [0.15, 0.2) is 16.9 Å². The van der Waals surface area contributed by atoms with Gasteiger partial charge in [-0.15, -0.1) is 0 Å². The minimum Gasteiger partial charge on any atom is -0.490 e. The van der Waals surface area contributed by atoms with E-state index in [4.69, 9.17) is 25.5 Å². The largest absolute Gasteiger partial charge is 0.490 e. The fourth-order valence-corrected chi connectivity index (χ4v) is 4.63. The molecule has 5 rings (SSSR count). The number of hydrogen-bond acceptors (Lipinski definition) is 5. The highest BCUT2D eigenvalue weighted by Gasteiger charge is 2.43. The molecule has 1 unspecified atom stereocenters. The summed E-state index contributed by atoms with van der Waals surface area (Å²) in [5, 5.41) is 1.05. The first-order chi connectivity index (χ1) is 17.0. The molecule has 1 aliphatic rings. The van der Waals surface area contributed by atoms with Crippen LogP contribution in [0.2, 0.25) is 5.02 Å². The van der Waals surface area contributed by atoms with Crippen molar-refractivity contribution >= 4 is 28.5 Å². The average Bonchev–Trinajstić information content (AvgIpc) is 3.14. The number of benzene rings is 3. The summed E-state index contributed by atoms with van der Waals surface area (Å²) in [5.74, 6) is 0.899. The summed E-state index contributed by atoms with van der Waals surface area (Å²) in [5.41, 5.74) is 2.12. The van der Waals surface area contributed by atoms with Gasteiger partial charge in [-0.25, -0.2) is 0 Å². The van der Waals surface area contributed by atoms with Crippen molar-refractivity contribution in [3.63, 3.8) is 0 Å². The summed E-state index contributed by atoms with van der Waals surface area (Å²) in [6.07, 6.45) is 0. The molecule has 6 nitrogen and oxygen atoms in total. The lowest BCUT2D eigenvalue weighted by molar-refractivity contribution is 0.0714. The van der Waals surface area contributed by atoms with Crippen LogP contribution in [0.1, 0.15) is 47.1 Å². The second-order valence-corrected chi connectivity index (χ2v) is 8.64. The minimum atomic E-state index is -0.649. The van der Waals surface area contributed by atoms with Crippen molar-refractivity contribution in [1.29, 1.82) is 0 Å². The zero-order chi connectivity index (χ0) is 24.5. The number of para-hydroxylation sites is 1. The van der Waals surface area contributed by atoms with Crippen molar-refractivity contribution in [3.8, 4) is 11.5 Å².